The number of benzene rings is 1. The van der Waals surface area contributed by atoms with E-state index >= 15 is 0 Å². The molecule has 1 amide bonds. The summed E-state index contributed by atoms with van der Waals surface area (Å²) in [6, 6.07) is 3.43. The third kappa shape index (κ3) is 4.09. The molecule has 8 heteroatoms. The van der Waals surface area contributed by atoms with E-state index < -0.39 is 11.7 Å². The molecule has 0 unspecified atom stereocenters. The number of amides is 1. The molecule has 0 aliphatic rings. The second-order valence-electron chi connectivity index (χ2n) is 3.65. The van der Waals surface area contributed by atoms with Gasteiger partial charge in [0.05, 0.1) is 12.1 Å². The van der Waals surface area contributed by atoms with E-state index in [1.807, 2.05) is 0 Å². The Balaban J connectivity index is 3.05. The van der Waals surface area contributed by atoms with Gasteiger partial charge in [0.25, 0.3) is 0 Å². The highest BCUT2D eigenvalue weighted by atomic mass is 32.1. The Morgan fingerprint density at radius 2 is 2.05 bits per heavy atom. The minimum absolute atomic E-state index is 0.125. The SMILES string of the molecule is CNC(=O)CNc1ccc(C(N)=S)c(C(F)(F)F)c1. The molecule has 19 heavy (non-hydrogen) atoms. The molecule has 4 nitrogen and oxygen atoms in total. The number of rotatable bonds is 4. The van der Waals surface area contributed by atoms with E-state index in [-0.39, 0.29) is 28.7 Å². The molecule has 0 saturated carbocycles. The first kappa shape index (κ1) is 15.2. The summed E-state index contributed by atoms with van der Waals surface area (Å²) in [6.07, 6.45) is -4.57. The molecule has 0 fully saturated rings. The second-order valence-corrected chi connectivity index (χ2v) is 4.09. The van der Waals surface area contributed by atoms with Crippen LogP contribution in [0.2, 0.25) is 0 Å². The highest BCUT2D eigenvalue weighted by molar-refractivity contribution is 7.80. The number of hydrogen-bond acceptors (Lipinski definition) is 3. The zero-order chi connectivity index (χ0) is 14.6. The molecule has 0 spiro atoms. The van der Waals surface area contributed by atoms with Crippen molar-refractivity contribution in [3.05, 3.63) is 29.3 Å². The summed E-state index contributed by atoms with van der Waals surface area (Å²) in [5.41, 5.74) is 4.24. The van der Waals surface area contributed by atoms with Crippen molar-refractivity contribution in [3.63, 3.8) is 0 Å². The smallest absolute Gasteiger partial charge is 0.389 e. The van der Waals surface area contributed by atoms with Gasteiger partial charge in [0.15, 0.2) is 0 Å². The van der Waals surface area contributed by atoms with Crippen LogP contribution in [-0.4, -0.2) is 24.5 Å². The fraction of sp³-hybridized carbons (Fsp3) is 0.273. The quantitative estimate of drug-likeness (QED) is 0.735. The van der Waals surface area contributed by atoms with Crippen LogP contribution < -0.4 is 16.4 Å². The van der Waals surface area contributed by atoms with Crippen molar-refractivity contribution in [2.24, 2.45) is 5.73 Å². The lowest BCUT2D eigenvalue weighted by atomic mass is 10.1. The highest BCUT2D eigenvalue weighted by Crippen LogP contribution is 2.33. The van der Waals surface area contributed by atoms with Crippen LogP contribution >= 0.6 is 12.2 Å². The maximum atomic E-state index is 12.8. The lowest BCUT2D eigenvalue weighted by molar-refractivity contribution is -0.137. The Kier molecular flexibility index (Phi) is 4.71. The van der Waals surface area contributed by atoms with E-state index in [4.69, 9.17) is 5.73 Å². The Morgan fingerprint density at radius 3 is 2.53 bits per heavy atom. The molecule has 0 aliphatic heterocycles. The fourth-order valence-corrected chi connectivity index (χ4v) is 1.55. The Morgan fingerprint density at radius 1 is 1.42 bits per heavy atom. The van der Waals surface area contributed by atoms with Crippen LogP contribution in [0.4, 0.5) is 18.9 Å². The Labute approximate surface area is 113 Å². The van der Waals surface area contributed by atoms with E-state index in [1.165, 1.54) is 19.2 Å². The Bertz CT molecular complexity index is 502. The molecule has 0 radical (unpaired) electrons. The third-order valence-electron chi connectivity index (χ3n) is 2.32. The number of carbonyl (C=O) groups excluding carboxylic acids is 1. The molecule has 0 aromatic heterocycles. The van der Waals surface area contributed by atoms with Gasteiger partial charge in [-0.2, -0.15) is 13.2 Å². The van der Waals surface area contributed by atoms with E-state index in [9.17, 15) is 18.0 Å². The second kappa shape index (κ2) is 5.87. The predicted molar refractivity (Wildman–Crippen MR) is 69.9 cm³/mol. The van der Waals surface area contributed by atoms with E-state index in [2.05, 4.69) is 22.9 Å². The minimum atomic E-state index is -4.57. The summed E-state index contributed by atoms with van der Waals surface area (Å²) in [7, 11) is 1.43. The van der Waals surface area contributed by atoms with Gasteiger partial charge in [0.1, 0.15) is 4.99 Å². The van der Waals surface area contributed by atoms with Crippen LogP contribution in [-0.2, 0) is 11.0 Å². The minimum Gasteiger partial charge on any atom is -0.389 e. The van der Waals surface area contributed by atoms with Gasteiger partial charge in [-0.15, -0.1) is 0 Å². The summed E-state index contributed by atoms with van der Waals surface area (Å²) in [6.45, 7) is -0.125. The summed E-state index contributed by atoms with van der Waals surface area (Å²) < 4.78 is 38.5. The van der Waals surface area contributed by atoms with Crippen LogP contribution in [0.1, 0.15) is 11.1 Å². The van der Waals surface area contributed by atoms with Crippen LogP contribution in [0.5, 0.6) is 0 Å². The van der Waals surface area contributed by atoms with E-state index in [1.54, 1.807) is 0 Å². The van der Waals surface area contributed by atoms with Crippen LogP contribution in [0.15, 0.2) is 18.2 Å². The standard InChI is InChI=1S/C11H12F3N3OS/c1-16-9(18)5-17-6-2-3-7(10(15)19)8(4-6)11(12,13)14/h2-4,17H,5H2,1H3,(H2,15,19)(H,16,18). The topological polar surface area (TPSA) is 67.2 Å². The summed E-state index contributed by atoms with van der Waals surface area (Å²) >= 11 is 4.58. The average Bonchev–Trinajstić information content (AvgIpc) is 2.34. The highest BCUT2D eigenvalue weighted by Gasteiger charge is 2.34. The number of anilines is 1. The fourth-order valence-electron chi connectivity index (χ4n) is 1.37. The monoisotopic (exact) mass is 291 g/mol. The van der Waals surface area contributed by atoms with Gasteiger partial charge in [0, 0.05) is 18.3 Å². The molecule has 0 saturated heterocycles. The first-order valence-corrected chi connectivity index (χ1v) is 5.62. The van der Waals surface area contributed by atoms with Crippen molar-refractivity contribution in [1.82, 2.24) is 5.32 Å². The number of nitrogens with one attached hydrogen (secondary N) is 2. The van der Waals surface area contributed by atoms with Gasteiger partial charge in [-0.1, -0.05) is 12.2 Å². The number of nitrogens with two attached hydrogens (primary N) is 1. The molecule has 0 atom stereocenters. The van der Waals surface area contributed by atoms with Gasteiger partial charge in [-0.3, -0.25) is 4.79 Å². The zero-order valence-corrected chi connectivity index (χ0v) is 10.8. The number of thiocarbonyl (C=S) groups is 1. The van der Waals surface area contributed by atoms with Gasteiger partial charge < -0.3 is 16.4 Å². The Hall–Kier alpha value is -1.83. The van der Waals surface area contributed by atoms with Crippen molar-refractivity contribution in [1.29, 1.82) is 0 Å². The normalized spacial score (nSPS) is 10.9. The zero-order valence-electron chi connectivity index (χ0n) is 9.97. The van der Waals surface area contributed by atoms with Crippen molar-refractivity contribution in [3.8, 4) is 0 Å². The molecular weight excluding hydrogens is 279 g/mol. The molecule has 1 rings (SSSR count). The summed E-state index contributed by atoms with van der Waals surface area (Å²) in [4.78, 5) is 10.7. The van der Waals surface area contributed by atoms with Gasteiger partial charge in [-0.25, -0.2) is 0 Å². The number of hydrogen-bond donors (Lipinski definition) is 3. The first-order valence-electron chi connectivity index (χ1n) is 5.21. The number of alkyl halides is 3. The van der Waals surface area contributed by atoms with E-state index in [0.717, 1.165) is 6.07 Å². The molecule has 1 aromatic rings. The lowest BCUT2D eigenvalue weighted by Gasteiger charge is -2.14. The molecular formula is C11H12F3N3OS. The molecule has 0 heterocycles. The van der Waals surface area contributed by atoms with Crippen LogP contribution in [0.3, 0.4) is 0 Å². The maximum Gasteiger partial charge on any atom is 0.417 e. The maximum absolute atomic E-state index is 12.8. The molecule has 1 aromatic carbocycles. The van der Waals surface area contributed by atoms with Crippen LogP contribution in [0.25, 0.3) is 0 Å². The largest absolute Gasteiger partial charge is 0.417 e. The van der Waals surface area contributed by atoms with Crippen molar-refractivity contribution >= 4 is 28.8 Å². The summed E-state index contributed by atoms with van der Waals surface area (Å²) in [5.74, 6) is -0.341. The number of halogens is 3. The molecule has 0 aliphatic carbocycles. The van der Waals surface area contributed by atoms with Crippen LogP contribution in [0, 0.1) is 0 Å². The van der Waals surface area contributed by atoms with Gasteiger partial charge >= 0.3 is 6.18 Å². The third-order valence-corrected chi connectivity index (χ3v) is 2.54. The number of carbonyl (C=O) groups is 1. The van der Waals surface area contributed by atoms with Crippen molar-refractivity contribution < 1.29 is 18.0 Å². The molecule has 4 N–H and O–H groups in total. The molecule has 104 valence electrons. The predicted octanol–water partition coefficient (Wildman–Crippen LogP) is 1.50. The average molecular weight is 291 g/mol. The van der Waals surface area contributed by atoms with Crippen molar-refractivity contribution in [2.75, 3.05) is 18.9 Å². The van der Waals surface area contributed by atoms with Gasteiger partial charge in [0.2, 0.25) is 5.91 Å². The van der Waals surface area contributed by atoms with Gasteiger partial charge in [-0.05, 0) is 18.2 Å². The molecule has 0 bridgehead atoms. The lowest BCUT2D eigenvalue weighted by Crippen LogP contribution is -2.26. The summed E-state index contributed by atoms with van der Waals surface area (Å²) in [5, 5.41) is 4.92. The number of likely N-dealkylation sites (N-methyl/N-ethyl adjacent to an activating group) is 1. The van der Waals surface area contributed by atoms with E-state index in [0.29, 0.717) is 0 Å². The van der Waals surface area contributed by atoms with Crippen molar-refractivity contribution in [2.45, 2.75) is 6.18 Å². The first-order chi connectivity index (χ1) is 8.75.